The molecule has 11 nitrogen and oxygen atoms in total. The van der Waals surface area contributed by atoms with Gasteiger partial charge >= 0.3 is 6.61 Å². The molecule has 3 unspecified atom stereocenters. The Bertz CT molecular complexity index is 1270. The van der Waals surface area contributed by atoms with E-state index < -0.39 is 34.8 Å². The predicted molar refractivity (Wildman–Crippen MR) is 144 cm³/mol. The van der Waals surface area contributed by atoms with Crippen LogP contribution in [0.15, 0.2) is 47.0 Å². The smallest absolute Gasteiger partial charge is 0.387 e. The molecular weight excluding hydrogens is 586 g/mol. The molecule has 0 spiro atoms. The van der Waals surface area contributed by atoms with Gasteiger partial charge in [-0.15, -0.1) is 0 Å². The van der Waals surface area contributed by atoms with E-state index in [1.54, 1.807) is 24.3 Å². The summed E-state index contributed by atoms with van der Waals surface area (Å²) in [6.45, 7) is -2.70. The van der Waals surface area contributed by atoms with Crippen LogP contribution in [0.3, 0.4) is 0 Å². The zero-order valence-corrected chi connectivity index (χ0v) is 22.5. The van der Waals surface area contributed by atoms with E-state index in [-0.39, 0.29) is 40.3 Å². The van der Waals surface area contributed by atoms with Crippen molar-refractivity contribution in [2.24, 2.45) is 10.3 Å². The molecule has 17 heteroatoms. The molecule has 2 aromatic rings. The predicted octanol–water partition coefficient (Wildman–Crippen LogP) is 4.25. The van der Waals surface area contributed by atoms with Crippen molar-refractivity contribution >= 4 is 64.2 Å². The maximum Gasteiger partial charge on any atom is 0.387 e. The first-order valence-corrected chi connectivity index (χ1v) is 13.3. The molecule has 3 rings (SSSR count). The van der Waals surface area contributed by atoms with E-state index in [2.05, 4.69) is 32.4 Å². The minimum Gasteiger partial charge on any atom is -0.435 e. The number of halogens is 3. The molecule has 0 aromatic heterocycles. The van der Waals surface area contributed by atoms with Gasteiger partial charge in [-0.3, -0.25) is 19.6 Å². The Morgan fingerprint density at radius 3 is 2.71 bits per heavy atom. The fourth-order valence-electron chi connectivity index (χ4n) is 3.35. The lowest BCUT2D eigenvalue weighted by atomic mass is 10.1. The molecule has 0 radical (unpaired) electrons. The minimum absolute atomic E-state index is 0.0101. The fourth-order valence-corrected chi connectivity index (χ4v) is 5.63. The van der Waals surface area contributed by atoms with Gasteiger partial charge in [-0.05, 0) is 70.7 Å². The van der Waals surface area contributed by atoms with Crippen LogP contribution in [0.25, 0.3) is 10.4 Å². The number of carbonyl (C=O) groups excluding carboxylic acids is 2. The maximum absolute atomic E-state index is 12.8. The van der Waals surface area contributed by atoms with E-state index in [0.717, 1.165) is 29.6 Å². The van der Waals surface area contributed by atoms with Crippen molar-refractivity contribution in [2.45, 2.75) is 30.9 Å². The summed E-state index contributed by atoms with van der Waals surface area (Å²) in [5.74, 6) is -1.32. The van der Waals surface area contributed by atoms with Gasteiger partial charge in [0.2, 0.25) is 5.91 Å². The van der Waals surface area contributed by atoms with Crippen LogP contribution >= 0.6 is 47.4 Å². The lowest BCUT2D eigenvalue weighted by Crippen LogP contribution is -2.32. The highest BCUT2D eigenvalue weighted by Gasteiger charge is 2.35. The number of benzene rings is 2. The zero-order valence-electron chi connectivity index (χ0n) is 19.2. The fraction of sp³-hybridized carbons (Fsp3) is 0.286. The van der Waals surface area contributed by atoms with E-state index in [4.69, 9.17) is 26.5 Å². The highest BCUT2D eigenvalue weighted by molar-refractivity contribution is 8.14. The van der Waals surface area contributed by atoms with Crippen molar-refractivity contribution in [3.63, 3.8) is 0 Å². The van der Waals surface area contributed by atoms with Crippen LogP contribution in [0.1, 0.15) is 29.2 Å². The van der Waals surface area contributed by atoms with E-state index >= 15 is 0 Å². The highest BCUT2D eigenvalue weighted by atomic mass is 35.5. The number of nitrogens with two attached hydrogens (primary N) is 1. The van der Waals surface area contributed by atoms with Gasteiger partial charge in [-0.25, -0.2) is 3.63 Å². The number of amides is 2. The molecule has 4 N–H and O–H groups in total. The van der Waals surface area contributed by atoms with Crippen molar-refractivity contribution in [1.82, 2.24) is 9.62 Å². The van der Waals surface area contributed by atoms with Crippen molar-refractivity contribution < 1.29 is 31.8 Å². The van der Waals surface area contributed by atoms with Gasteiger partial charge in [-0.2, -0.15) is 8.78 Å². The van der Waals surface area contributed by atoms with E-state index in [0.29, 0.717) is 12.0 Å². The number of alkyl halides is 2. The first kappa shape index (κ1) is 30.0. The molecule has 0 saturated carbocycles. The molecule has 1 heterocycles. The van der Waals surface area contributed by atoms with Crippen LogP contribution < -0.4 is 15.8 Å². The first-order valence-electron chi connectivity index (χ1n) is 10.6. The second-order valence-corrected chi connectivity index (χ2v) is 11.0. The summed E-state index contributed by atoms with van der Waals surface area (Å²) in [5, 5.41) is 12.7. The number of hydrogen-bond acceptors (Lipinski definition) is 8. The standard InChI is InChI=1S/C21H21ClF2N6O5S3/c22-14-7-13(8-15(9-14)34-21(23)24)17(31)20(33)30-6-5-16(37-30)19(32)27-10-11-1-3-12(4-2-11)18(25)38(35-36)29-28-26/h1-4,7-9,16-17,21,31,36H,5-6,10,25H2,(H,27,32). The SMILES string of the molecule is [N-]=[N+]=N/S(OS)=C(\N)c1ccc(CNC(=O)C2CCN(C(=O)C(O)c3cc(Cl)cc(OC(F)F)c3)S2)cc1. The van der Waals surface area contributed by atoms with Crippen LogP contribution in [0, 0.1) is 0 Å². The van der Waals surface area contributed by atoms with Crippen LogP contribution in [-0.4, -0.2) is 44.6 Å². The Labute approximate surface area is 233 Å². The molecule has 204 valence electrons. The lowest BCUT2D eigenvalue weighted by Gasteiger charge is -2.20. The van der Waals surface area contributed by atoms with E-state index in [9.17, 15) is 23.5 Å². The largest absolute Gasteiger partial charge is 0.435 e. The molecule has 1 aliphatic rings. The van der Waals surface area contributed by atoms with Gasteiger partial charge < -0.3 is 15.2 Å². The van der Waals surface area contributed by atoms with Crippen molar-refractivity contribution in [2.75, 3.05) is 6.54 Å². The highest BCUT2D eigenvalue weighted by Crippen LogP contribution is 2.33. The van der Waals surface area contributed by atoms with Crippen LogP contribution in [0.5, 0.6) is 5.75 Å². The summed E-state index contributed by atoms with van der Waals surface area (Å²) in [5.41, 5.74) is 15.8. The number of azide groups is 1. The monoisotopic (exact) mass is 606 g/mol. The van der Waals surface area contributed by atoms with Crippen LogP contribution in [0.4, 0.5) is 8.78 Å². The third-order valence-electron chi connectivity index (χ3n) is 5.13. The van der Waals surface area contributed by atoms with E-state index in [1.165, 1.54) is 10.4 Å². The van der Waals surface area contributed by atoms with Crippen molar-refractivity contribution in [1.29, 1.82) is 0 Å². The van der Waals surface area contributed by atoms with Crippen molar-refractivity contribution in [3.05, 3.63) is 74.6 Å². The van der Waals surface area contributed by atoms with Gasteiger partial charge in [0.05, 0.1) is 15.9 Å². The molecule has 2 aromatic carbocycles. The van der Waals surface area contributed by atoms with Gasteiger partial charge in [0.25, 0.3) is 5.91 Å². The summed E-state index contributed by atoms with van der Waals surface area (Å²) in [7, 11) is -1.37. The average Bonchev–Trinajstić information content (AvgIpc) is 3.39. The number of thiol groups is 1. The molecular formula is C21H21ClF2N6O5S3. The molecule has 3 atom stereocenters. The number of nitrogens with one attached hydrogen (secondary N) is 1. The Balaban J connectivity index is 1.56. The number of aliphatic hydroxyl groups is 1. The summed E-state index contributed by atoms with van der Waals surface area (Å²) >= 11 is 10.5. The topological polar surface area (TPSA) is 163 Å². The molecule has 0 aliphatic carbocycles. The molecule has 38 heavy (non-hydrogen) atoms. The van der Waals surface area contributed by atoms with Gasteiger partial charge in [-0.1, -0.05) is 35.9 Å². The van der Waals surface area contributed by atoms with Gasteiger partial charge in [0, 0.05) is 28.6 Å². The summed E-state index contributed by atoms with van der Waals surface area (Å²) in [6.07, 6.45) is -1.34. The molecule has 2 amide bonds. The maximum atomic E-state index is 12.8. The first-order chi connectivity index (χ1) is 18.1. The summed E-state index contributed by atoms with van der Waals surface area (Å²) in [6, 6.07) is 10.3. The second kappa shape index (κ2) is 14.0. The molecule has 0 bridgehead atoms. The minimum atomic E-state index is -3.10. The third-order valence-corrected chi connectivity index (χ3v) is 8.07. The number of rotatable bonds is 10. The Morgan fingerprint density at radius 1 is 1.37 bits per heavy atom. The number of hydrogen-bond donors (Lipinski definition) is 4. The van der Waals surface area contributed by atoms with Crippen LogP contribution in [0.2, 0.25) is 5.02 Å². The lowest BCUT2D eigenvalue weighted by molar-refractivity contribution is -0.134. The molecule has 1 fully saturated rings. The number of ether oxygens (including phenoxy) is 1. The second-order valence-electron chi connectivity index (χ2n) is 7.60. The van der Waals surface area contributed by atoms with Gasteiger partial charge in [0.15, 0.2) is 6.10 Å². The Hall–Kier alpha value is -2.56. The Morgan fingerprint density at radius 2 is 2.08 bits per heavy atom. The Kier molecular flexibility index (Phi) is 11.1. The summed E-state index contributed by atoms with van der Waals surface area (Å²) in [4.78, 5) is 28.3. The normalized spacial score (nSPS) is 17.0. The van der Waals surface area contributed by atoms with Crippen molar-refractivity contribution in [3.8, 4) is 5.75 Å². The number of aliphatic hydroxyl groups excluding tert-OH is 1. The number of carbonyl (C=O) groups is 2. The number of nitrogens with zero attached hydrogens (tertiary/aromatic N) is 4. The zero-order chi connectivity index (χ0) is 27.8. The third kappa shape index (κ3) is 7.97. The van der Waals surface area contributed by atoms with Gasteiger partial charge in [0.1, 0.15) is 11.0 Å². The quantitative estimate of drug-likeness (QED) is 0.0597. The summed E-state index contributed by atoms with van der Waals surface area (Å²) < 4.78 is 38.8. The molecule has 1 aliphatic heterocycles. The average molecular weight is 607 g/mol. The van der Waals surface area contributed by atoms with Crippen LogP contribution in [-0.2, 0) is 19.8 Å². The molecule has 1 saturated heterocycles. The van der Waals surface area contributed by atoms with E-state index in [1.807, 2.05) is 0 Å².